The lowest BCUT2D eigenvalue weighted by Crippen LogP contribution is -2.17. The molecule has 0 bridgehead atoms. The molecule has 1 aliphatic rings. The number of amides is 1. The first-order valence-electron chi connectivity index (χ1n) is 12.3. The summed E-state index contributed by atoms with van der Waals surface area (Å²) in [6, 6.07) is 0. The quantitative estimate of drug-likeness (QED) is 0.185. The van der Waals surface area contributed by atoms with Gasteiger partial charge in [-0.3, -0.25) is 4.79 Å². The van der Waals surface area contributed by atoms with Crippen molar-refractivity contribution in [3.63, 3.8) is 0 Å². The number of hydrogen-bond acceptors (Lipinski definition) is 1. The Labute approximate surface area is 176 Å². The van der Waals surface area contributed by atoms with E-state index in [0.717, 1.165) is 13.0 Å². The van der Waals surface area contributed by atoms with Crippen LogP contribution in [0.5, 0.6) is 0 Å². The van der Waals surface area contributed by atoms with E-state index in [4.69, 9.17) is 0 Å². The molecular weight excluding hydrogens is 342 g/mol. The molecule has 0 aromatic carbocycles. The van der Waals surface area contributed by atoms with E-state index in [-0.39, 0.29) is 11.8 Å². The zero-order valence-electron chi connectivity index (χ0n) is 19.0. The van der Waals surface area contributed by atoms with Gasteiger partial charge in [0.25, 0.3) is 0 Å². The highest BCUT2D eigenvalue weighted by Gasteiger charge is 2.19. The lowest BCUT2D eigenvalue weighted by Gasteiger charge is -2.03. The SMILES string of the molecule is C=CC1CCNC1=O.C=CCCCCCCCCCCCCCCCCCC. The van der Waals surface area contributed by atoms with Crippen molar-refractivity contribution < 1.29 is 4.79 Å². The second-order valence-electron chi connectivity index (χ2n) is 8.30. The monoisotopic (exact) mass is 391 g/mol. The summed E-state index contributed by atoms with van der Waals surface area (Å²) in [5, 5.41) is 2.71. The lowest BCUT2D eigenvalue weighted by atomic mass is 10.0. The van der Waals surface area contributed by atoms with E-state index in [9.17, 15) is 4.79 Å². The standard InChI is InChI=1S/C20H40.C6H9NO/c1-3-5-7-9-11-13-15-17-19-20-18-16-14-12-10-8-6-4-2;1-2-5-3-4-7-6(5)8/h3H,1,4-20H2,2H3;2,5H,1,3-4H2,(H,7,8). The fourth-order valence-electron chi connectivity index (χ4n) is 3.67. The average Bonchev–Trinajstić information content (AvgIpc) is 3.13. The van der Waals surface area contributed by atoms with Crippen molar-refractivity contribution in [1.29, 1.82) is 0 Å². The molecule has 1 fully saturated rings. The maximum atomic E-state index is 10.6. The van der Waals surface area contributed by atoms with Crippen molar-refractivity contribution in [1.82, 2.24) is 5.32 Å². The van der Waals surface area contributed by atoms with Crippen LogP contribution in [-0.2, 0) is 4.79 Å². The second kappa shape index (κ2) is 22.2. The number of unbranched alkanes of at least 4 members (excludes halogenated alkanes) is 16. The van der Waals surface area contributed by atoms with Crippen molar-refractivity contribution in [3.05, 3.63) is 25.3 Å². The highest BCUT2D eigenvalue weighted by Crippen LogP contribution is 2.14. The van der Waals surface area contributed by atoms with Crippen LogP contribution in [0.25, 0.3) is 0 Å². The number of carbonyl (C=O) groups excluding carboxylic acids is 1. The summed E-state index contributed by atoms with van der Waals surface area (Å²) in [4.78, 5) is 10.6. The molecule has 1 aliphatic heterocycles. The maximum Gasteiger partial charge on any atom is 0.226 e. The molecule has 1 saturated heterocycles. The fraction of sp³-hybridized carbons (Fsp3) is 0.808. The van der Waals surface area contributed by atoms with Gasteiger partial charge in [-0.25, -0.2) is 0 Å². The van der Waals surface area contributed by atoms with E-state index in [1.54, 1.807) is 6.08 Å². The summed E-state index contributed by atoms with van der Waals surface area (Å²) in [5.74, 6) is 0.204. The van der Waals surface area contributed by atoms with Crippen molar-refractivity contribution in [2.24, 2.45) is 5.92 Å². The van der Waals surface area contributed by atoms with E-state index in [1.165, 1.54) is 109 Å². The van der Waals surface area contributed by atoms with Crippen molar-refractivity contribution in [3.8, 4) is 0 Å². The summed E-state index contributed by atoms with van der Waals surface area (Å²) in [6.45, 7) is 10.4. The number of carbonyl (C=O) groups is 1. The first kappa shape index (κ1) is 27.0. The van der Waals surface area contributed by atoms with E-state index >= 15 is 0 Å². The van der Waals surface area contributed by atoms with Gasteiger partial charge >= 0.3 is 0 Å². The van der Waals surface area contributed by atoms with Gasteiger partial charge in [0, 0.05) is 6.54 Å². The third-order valence-electron chi connectivity index (χ3n) is 5.64. The smallest absolute Gasteiger partial charge is 0.226 e. The van der Waals surface area contributed by atoms with Gasteiger partial charge in [0.15, 0.2) is 0 Å². The summed E-state index contributed by atoms with van der Waals surface area (Å²) < 4.78 is 0. The summed E-state index contributed by atoms with van der Waals surface area (Å²) in [7, 11) is 0. The highest BCUT2D eigenvalue weighted by atomic mass is 16.2. The van der Waals surface area contributed by atoms with Crippen molar-refractivity contribution in [2.45, 2.75) is 122 Å². The Kier molecular flexibility index (Phi) is 21.4. The molecule has 1 atom stereocenters. The number of hydrogen-bond donors (Lipinski definition) is 1. The third kappa shape index (κ3) is 18.3. The number of rotatable bonds is 18. The molecule has 0 saturated carbocycles. The molecule has 0 aliphatic carbocycles. The van der Waals surface area contributed by atoms with Crippen LogP contribution in [0.2, 0.25) is 0 Å². The van der Waals surface area contributed by atoms with Crippen LogP contribution in [0.15, 0.2) is 25.3 Å². The van der Waals surface area contributed by atoms with Crippen LogP contribution in [0.3, 0.4) is 0 Å². The number of nitrogens with one attached hydrogen (secondary N) is 1. The molecule has 1 rings (SSSR count). The van der Waals surface area contributed by atoms with Crippen LogP contribution in [0.1, 0.15) is 122 Å². The molecule has 1 amide bonds. The van der Waals surface area contributed by atoms with Crippen LogP contribution in [-0.4, -0.2) is 12.5 Å². The summed E-state index contributed by atoms with van der Waals surface area (Å²) in [5.41, 5.74) is 0. The van der Waals surface area contributed by atoms with Gasteiger partial charge in [-0.15, -0.1) is 13.2 Å². The molecule has 0 spiro atoms. The summed E-state index contributed by atoms with van der Waals surface area (Å²) in [6.07, 6.45) is 29.1. The number of allylic oxidation sites excluding steroid dienone is 1. The van der Waals surface area contributed by atoms with Crippen LogP contribution in [0.4, 0.5) is 0 Å². The Morgan fingerprint density at radius 3 is 1.50 bits per heavy atom. The van der Waals surface area contributed by atoms with Gasteiger partial charge in [0.2, 0.25) is 5.91 Å². The van der Waals surface area contributed by atoms with E-state index in [0.29, 0.717) is 0 Å². The molecule has 1 N–H and O–H groups in total. The minimum Gasteiger partial charge on any atom is -0.356 e. The van der Waals surface area contributed by atoms with E-state index < -0.39 is 0 Å². The first-order valence-corrected chi connectivity index (χ1v) is 12.3. The van der Waals surface area contributed by atoms with Gasteiger partial charge in [-0.1, -0.05) is 115 Å². The van der Waals surface area contributed by atoms with Crippen LogP contribution in [0, 0.1) is 5.92 Å². The molecular formula is C26H49NO. The largest absolute Gasteiger partial charge is 0.356 e. The Morgan fingerprint density at radius 2 is 1.21 bits per heavy atom. The molecule has 1 heterocycles. The van der Waals surface area contributed by atoms with Crippen LogP contribution < -0.4 is 5.32 Å². The molecule has 0 aromatic heterocycles. The Morgan fingerprint density at radius 1 is 0.786 bits per heavy atom. The van der Waals surface area contributed by atoms with Gasteiger partial charge in [-0.2, -0.15) is 0 Å². The predicted molar refractivity (Wildman–Crippen MR) is 126 cm³/mol. The first-order chi connectivity index (χ1) is 13.8. The predicted octanol–water partition coefficient (Wildman–Crippen LogP) is 8.13. The van der Waals surface area contributed by atoms with Gasteiger partial charge in [-0.05, 0) is 19.3 Å². The normalized spacial score (nSPS) is 15.6. The topological polar surface area (TPSA) is 29.1 Å². The van der Waals surface area contributed by atoms with E-state index in [2.05, 4.69) is 25.4 Å². The molecule has 28 heavy (non-hydrogen) atoms. The molecule has 2 nitrogen and oxygen atoms in total. The highest BCUT2D eigenvalue weighted by molar-refractivity contribution is 5.82. The van der Waals surface area contributed by atoms with Crippen molar-refractivity contribution >= 4 is 5.91 Å². The Hall–Kier alpha value is -1.05. The lowest BCUT2D eigenvalue weighted by molar-refractivity contribution is -0.121. The summed E-state index contributed by atoms with van der Waals surface area (Å²) >= 11 is 0. The van der Waals surface area contributed by atoms with Gasteiger partial charge < -0.3 is 5.32 Å². The Bertz CT molecular complexity index is 363. The van der Waals surface area contributed by atoms with Crippen molar-refractivity contribution in [2.75, 3.05) is 6.54 Å². The molecule has 2 heteroatoms. The fourth-order valence-corrected chi connectivity index (χ4v) is 3.67. The minimum absolute atomic E-state index is 0.0787. The zero-order valence-corrected chi connectivity index (χ0v) is 19.0. The van der Waals surface area contributed by atoms with Crippen LogP contribution >= 0.6 is 0 Å². The maximum absolute atomic E-state index is 10.6. The van der Waals surface area contributed by atoms with Gasteiger partial charge in [0.05, 0.1) is 5.92 Å². The van der Waals surface area contributed by atoms with E-state index in [1.807, 2.05) is 6.08 Å². The molecule has 1 unspecified atom stereocenters. The minimum atomic E-state index is 0.0787. The van der Waals surface area contributed by atoms with Gasteiger partial charge in [0.1, 0.15) is 0 Å². The molecule has 0 radical (unpaired) electrons. The average molecular weight is 392 g/mol. The molecule has 164 valence electrons. The zero-order chi connectivity index (χ0) is 20.7. The third-order valence-corrected chi connectivity index (χ3v) is 5.64. The molecule has 0 aromatic rings. The Balaban J connectivity index is 0.000000749. The second-order valence-corrected chi connectivity index (χ2v) is 8.30.